The molecule has 1 aromatic heterocycles. The van der Waals surface area contributed by atoms with Crippen LogP contribution in [0.1, 0.15) is 48.6 Å². The SMILES string of the molecule is CCCc1ccc(C2(O)CCCc3occc32)cc1. The molecule has 1 unspecified atom stereocenters. The lowest BCUT2D eigenvalue weighted by Gasteiger charge is -2.32. The molecular formula is C17H20O2. The lowest BCUT2D eigenvalue weighted by Crippen LogP contribution is -2.30. The summed E-state index contributed by atoms with van der Waals surface area (Å²) in [6.07, 6.45) is 6.59. The van der Waals surface area contributed by atoms with Crippen molar-refractivity contribution in [3.05, 3.63) is 59.0 Å². The largest absolute Gasteiger partial charge is 0.469 e. The Kier molecular flexibility index (Phi) is 3.19. The van der Waals surface area contributed by atoms with Crippen molar-refractivity contribution < 1.29 is 9.52 Å². The standard InChI is InChI=1S/C17H20O2/c1-2-4-13-6-8-14(9-7-13)17(18)11-3-5-16-15(17)10-12-19-16/h6-10,12,18H,2-5,11H2,1H3. The summed E-state index contributed by atoms with van der Waals surface area (Å²) in [7, 11) is 0. The number of aliphatic hydroxyl groups is 1. The van der Waals surface area contributed by atoms with E-state index in [0.29, 0.717) is 0 Å². The van der Waals surface area contributed by atoms with Crippen LogP contribution in [0.3, 0.4) is 0 Å². The van der Waals surface area contributed by atoms with Crippen LogP contribution in [0.5, 0.6) is 0 Å². The first kappa shape index (κ1) is 12.5. The Bertz CT molecular complexity index is 553. The first-order valence-corrected chi connectivity index (χ1v) is 7.12. The van der Waals surface area contributed by atoms with Crippen molar-refractivity contribution in [3.63, 3.8) is 0 Å². The zero-order valence-corrected chi connectivity index (χ0v) is 11.4. The van der Waals surface area contributed by atoms with E-state index in [2.05, 4.69) is 31.2 Å². The minimum Gasteiger partial charge on any atom is -0.469 e. The summed E-state index contributed by atoms with van der Waals surface area (Å²) in [6, 6.07) is 10.3. The van der Waals surface area contributed by atoms with Gasteiger partial charge in [0.05, 0.1) is 6.26 Å². The molecule has 100 valence electrons. The third-order valence-corrected chi connectivity index (χ3v) is 4.10. The smallest absolute Gasteiger partial charge is 0.118 e. The van der Waals surface area contributed by atoms with E-state index in [1.54, 1.807) is 6.26 Å². The molecule has 0 fully saturated rings. The summed E-state index contributed by atoms with van der Waals surface area (Å²) in [5, 5.41) is 11.0. The monoisotopic (exact) mass is 256 g/mol. The van der Waals surface area contributed by atoms with E-state index in [1.165, 1.54) is 5.56 Å². The van der Waals surface area contributed by atoms with Gasteiger partial charge in [0.2, 0.25) is 0 Å². The predicted octanol–water partition coefficient (Wildman–Crippen LogP) is 3.80. The Morgan fingerprint density at radius 3 is 2.74 bits per heavy atom. The average molecular weight is 256 g/mol. The second-order valence-electron chi connectivity index (χ2n) is 5.42. The second-order valence-corrected chi connectivity index (χ2v) is 5.42. The van der Waals surface area contributed by atoms with E-state index in [4.69, 9.17) is 4.42 Å². The van der Waals surface area contributed by atoms with Gasteiger partial charge in [-0.1, -0.05) is 37.6 Å². The van der Waals surface area contributed by atoms with Gasteiger partial charge in [-0.25, -0.2) is 0 Å². The van der Waals surface area contributed by atoms with Crippen LogP contribution in [0.25, 0.3) is 0 Å². The summed E-state index contributed by atoms with van der Waals surface area (Å²) in [4.78, 5) is 0. The van der Waals surface area contributed by atoms with E-state index in [9.17, 15) is 5.11 Å². The van der Waals surface area contributed by atoms with Crippen molar-refractivity contribution in [2.75, 3.05) is 0 Å². The molecule has 2 aromatic rings. The van der Waals surface area contributed by atoms with Crippen LogP contribution in [-0.4, -0.2) is 5.11 Å². The van der Waals surface area contributed by atoms with E-state index in [-0.39, 0.29) is 0 Å². The van der Waals surface area contributed by atoms with Crippen LogP contribution in [-0.2, 0) is 18.4 Å². The topological polar surface area (TPSA) is 33.4 Å². The Labute approximate surface area is 114 Å². The van der Waals surface area contributed by atoms with Gasteiger partial charge in [-0.3, -0.25) is 0 Å². The van der Waals surface area contributed by atoms with Gasteiger partial charge >= 0.3 is 0 Å². The molecule has 1 N–H and O–H groups in total. The number of benzene rings is 1. The van der Waals surface area contributed by atoms with E-state index in [0.717, 1.165) is 49.0 Å². The molecule has 0 amide bonds. The van der Waals surface area contributed by atoms with Gasteiger partial charge in [0, 0.05) is 12.0 Å². The van der Waals surface area contributed by atoms with Crippen LogP contribution in [0, 0.1) is 0 Å². The van der Waals surface area contributed by atoms with Gasteiger partial charge < -0.3 is 9.52 Å². The van der Waals surface area contributed by atoms with Crippen molar-refractivity contribution in [3.8, 4) is 0 Å². The highest BCUT2D eigenvalue weighted by Crippen LogP contribution is 2.41. The number of rotatable bonds is 3. The number of hydrogen-bond donors (Lipinski definition) is 1. The molecule has 0 aliphatic heterocycles. The third kappa shape index (κ3) is 2.10. The van der Waals surface area contributed by atoms with Crippen molar-refractivity contribution in [2.45, 2.75) is 44.6 Å². The van der Waals surface area contributed by atoms with Gasteiger partial charge in [-0.05, 0) is 36.5 Å². The number of fused-ring (bicyclic) bond motifs is 1. The zero-order chi connectivity index (χ0) is 13.3. The fourth-order valence-corrected chi connectivity index (χ4v) is 3.08. The van der Waals surface area contributed by atoms with E-state index in [1.807, 2.05) is 6.07 Å². The molecule has 1 heterocycles. The minimum absolute atomic E-state index is 0.770. The summed E-state index contributed by atoms with van der Waals surface area (Å²) in [6.45, 7) is 2.18. The van der Waals surface area contributed by atoms with Crippen LogP contribution in [0.4, 0.5) is 0 Å². The van der Waals surface area contributed by atoms with Gasteiger partial charge in [-0.2, -0.15) is 0 Å². The maximum Gasteiger partial charge on any atom is 0.118 e. The van der Waals surface area contributed by atoms with Crippen LogP contribution >= 0.6 is 0 Å². The molecule has 1 aliphatic rings. The molecule has 2 nitrogen and oxygen atoms in total. The Morgan fingerprint density at radius 1 is 1.21 bits per heavy atom. The third-order valence-electron chi connectivity index (χ3n) is 4.10. The van der Waals surface area contributed by atoms with Gasteiger partial charge in [0.15, 0.2) is 0 Å². The van der Waals surface area contributed by atoms with Gasteiger partial charge in [-0.15, -0.1) is 0 Å². The molecule has 2 heteroatoms. The molecule has 0 bridgehead atoms. The van der Waals surface area contributed by atoms with Crippen LogP contribution < -0.4 is 0 Å². The summed E-state index contributed by atoms with van der Waals surface area (Å²) in [5.74, 6) is 0.936. The fourth-order valence-electron chi connectivity index (χ4n) is 3.08. The van der Waals surface area contributed by atoms with Gasteiger partial charge in [0.25, 0.3) is 0 Å². The highest BCUT2D eigenvalue weighted by Gasteiger charge is 2.37. The average Bonchev–Trinajstić information content (AvgIpc) is 2.90. The lowest BCUT2D eigenvalue weighted by atomic mass is 9.78. The minimum atomic E-state index is -0.870. The Balaban J connectivity index is 1.98. The molecule has 0 saturated heterocycles. The summed E-state index contributed by atoms with van der Waals surface area (Å²) < 4.78 is 5.48. The number of aryl methyl sites for hydroxylation is 2. The Morgan fingerprint density at radius 2 is 2.00 bits per heavy atom. The molecule has 0 spiro atoms. The second kappa shape index (κ2) is 4.86. The van der Waals surface area contributed by atoms with Crippen molar-refractivity contribution in [2.24, 2.45) is 0 Å². The molecule has 1 aromatic carbocycles. The summed E-state index contributed by atoms with van der Waals surface area (Å²) >= 11 is 0. The maximum absolute atomic E-state index is 11.0. The van der Waals surface area contributed by atoms with Crippen molar-refractivity contribution in [1.82, 2.24) is 0 Å². The highest BCUT2D eigenvalue weighted by molar-refractivity contribution is 5.40. The molecule has 19 heavy (non-hydrogen) atoms. The maximum atomic E-state index is 11.0. The molecule has 0 saturated carbocycles. The normalized spacial score (nSPS) is 22.2. The molecule has 1 aliphatic carbocycles. The van der Waals surface area contributed by atoms with E-state index < -0.39 is 5.60 Å². The molecule has 3 rings (SSSR count). The highest BCUT2D eigenvalue weighted by atomic mass is 16.3. The van der Waals surface area contributed by atoms with Gasteiger partial charge in [0.1, 0.15) is 11.4 Å². The first-order chi connectivity index (χ1) is 9.24. The zero-order valence-electron chi connectivity index (χ0n) is 11.4. The molecule has 1 atom stereocenters. The fraction of sp³-hybridized carbons (Fsp3) is 0.412. The number of hydrogen-bond acceptors (Lipinski definition) is 2. The predicted molar refractivity (Wildman–Crippen MR) is 75.1 cm³/mol. The Hall–Kier alpha value is -1.54. The first-order valence-electron chi connectivity index (χ1n) is 7.12. The quantitative estimate of drug-likeness (QED) is 0.906. The van der Waals surface area contributed by atoms with E-state index >= 15 is 0 Å². The molecular weight excluding hydrogens is 236 g/mol. The summed E-state index contributed by atoms with van der Waals surface area (Å²) in [5.41, 5.74) is 2.39. The molecule has 0 radical (unpaired) electrons. The number of furan rings is 1. The van der Waals surface area contributed by atoms with Crippen LogP contribution in [0.2, 0.25) is 0 Å². The van der Waals surface area contributed by atoms with Crippen molar-refractivity contribution in [1.29, 1.82) is 0 Å². The van der Waals surface area contributed by atoms with Crippen molar-refractivity contribution >= 4 is 0 Å². The van der Waals surface area contributed by atoms with Crippen LogP contribution in [0.15, 0.2) is 41.0 Å². The lowest BCUT2D eigenvalue weighted by molar-refractivity contribution is 0.0589.